The summed E-state index contributed by atoms with van der Waals surface area (Å²) in [5.74, 6) is 5.14. The first kappa shape index (κ1) is 14.7. The van der Waals surface area contributed by atoms with Gasteiger partial charge in [-0.3, -0.25) is 11.3 Å². The lowest BCUT2D eigenvalue weighted by atomic mass is 9.99. The van der Waals surface area contributed by atoms with Crippen LogP contribution in [-0.4, -0.2) is 0 Å². The van der Waals surface area contributed by atoms with Gasteiger partial charge in [0, 0.05) is 3.57 Å². The molecule has 0 bridgehead atoms. The van der Waals surface area contributed by atoms with E-state index in [9.17, 15) is 4.39 Å². The molecule has 0 spiro atoms. The molecule has 2 aromatic carbocycles. The van der Waals surface area contributed by atoms with Crippen molar-refractivity contribution in [2.24, 2.45) is 5.84 Å². The number of nitrogens with two attached hydrogens (primary N) is 1. The van der Waals surface area contributed by atoms with Crippen LogP contribution in [0.5, 0.6) is 0 Å². The molecule has 0 aromatic heterocycles. The lowest BCUT2D eigenvalue weighted by molar-refractivity contribution is 0.544. The van der Waals surface area contributed by atoms with E-state index in [1.165, 1.54) is 9.64 Å². The van der Waals surface area contributed by atoms with Gasteiger partial charge >= 0.3 is 0 Å². The predicted octanol–water partition coefficient (Wildman–Crippen LogP) is 3.83. The molecule has 2 rings (SSSR count). The first-order valence-electron chi connectivity index (χ1n) is 5.75. The summed E-state index contributed by atoms with van der Waals surface area (Å²) in [5, 5.41) is 0.119. The molecule has 0 radical (unpaired) electrons. The van der Waals surface area contributed by atoms with Gasteiger partial charge in [-0.2, -0.15) is 0 Å². The molecule has 100 valence electrons. The Morgan fingerprint density at radius 2 is 1.89 bits per heavy atom. The molecule has 0 aliphatic heterocycles. The summed E-state index contributed by atoms with van der Waals surface area (Å²) in [6.45, 7) is 0. The van der Waals surface area contributed by atoms with E-state index in [0.29, 0.717) is 6.42 Å². The van der Waals surface area contributed by atoms with Crippen LogP contribution in [0.1, 0.15) is 17.2 Å². The van der Waals surface area contributed by atoms with Crippen LogP contribution in [0.25, 0.3) is 0 Å². The summed E-state index contributed by atoms with van der Waals surface area (Å²) < 4.78 is 14.6. The number of nitrogens with one attached hydrogen (secondary N) is 1. The summed E-state index contributed by atoms with van der Waals surface area (Å²) in [5.41, 5.74) is 4.63. The highest BCUT2D eigenvalue weighted by molar-refractivity contribution is 14.1. The average Bonchev–Trinajstić information content (AvgIpc) is 2.41. The highest BCUT2D eigenvalue weighted by Crippen LogP contribution is 2.23. The fraction of sp³-hybridized carbons (Fsp3) is 0.143. The molecule has 5 heteroatoms. The van der Waals surface area contributed by atoms with Crippen LogP contribution in [0.3, 0.4) is 0 Å². The molecule has 2 aromatic rings. The maximum atomic E-state index is 13.5. The molecule has 19 heavy (non-hydrogen) atoms. The van der Waals surface area contributed by atoms with Crippen LogP contribution in [0.15, 0.2) is 42.5 Å². The molecule has 0 saturated heterocycles. The number of halogens is 3. The molecular weight excluding hydrogens is 378 g/mol. The number of hydrazine groups is 1. The Morgan fingerprint density at radius 1 is 1.21 bits per heavy atom. The van der Waals surface area contributed by atoms with Crippen LogP contribution in [-0.2, 0) is 6.42 Å². The Balaban J connectivity index is 2.19. The lowest BCUT2D eigenvalue weighted by Gasteiger charge is -2.17. The summed E-state index contributed by atoms with van der Waals surface area (Å²) in [7, 11) is 0. The van der Waals surface area contributed by atoms with Gasteiger partial charge in [-0.05, 0) is 64.4 Å². The van der Waals surface area contributed by atoms with Crippen molar-refractivity contribution in [2.45, 2.75) is 12.5 Å². The van der Waals surface area contributed by atoms with Crippen LogP contribution in [0.2, 0.25) is 5.02 Å². The van der Waals surface area contributed by atoms with E-state index in [1.807, 2.05) is 24.3 Å². The third-order valence-electron chi connectivity index (χ3n) is 2.90. The molecule has 0 aliphatic carbocycles. The minimum atomic E-state index is -0.429. The molecule has 1 unspecified atom stereocenters. The zero-order chi connectivity index (χ0) is 13.8. The standard InChI is InChI=1S/C14H13ClFIN2/c15-12-6-3-10(8-13(12)16)14(19-18)7-9-1-4-11(17)5-2-9/h1-6,8,14,19H,7,18H2. The van der Waals surface area contributed by atoms with Crippen LogP contribution in [0.4, 0.5) is 4.39 Å². The second-order valence-electron chi connectivity index (χ2n) is 4.22. The Hall–Kier alpha value is -0.690. The molecule has 3 N–H and O–H groups in total. The number of hydrogen-bond acceptors (Lipinski definition) is 2. The highest BCUT2D eigenvalue weighted by atomic mass is 127. The lowest BCUT2D eigenvalue weighted by Crippen LogP contribution is -2.29. The third kappa shape index (κ3) is 3.89. The molecule has 0 fully saturated rings. The monoisotopic (exact) mass is 390 g/mol. The first-order valence-corrected chi connectivity index (χ1v) is 7.21. The van der Waals surface area contributed by atoms with Gasteiger partial charge < -0.3 is 0 Å². The van der Waals surface area contributed by atoms with Crippen molar-refractivity contribution in [3.63, 3.8) is 0 Å². The Labute approximate surface area is 130 Å². The minimum absolute atomic E-state index is 0.119. The number of benzene rings is 2. The van der Waals surface area contributed by atoms with Crippen molar-refractivity contribution in [3.8, 4) is 0 Å². The fourth-order valence-electron chi connectivity index (χ4n) is 1.86. The van der Waals surface area contributed by atoms with Gasteiger partial charge in [-0.15, -0.1) is 0 Å². The zero-order valence-electron chi connectivity index (χ0n) is 10.0. The first-order chi connectivity index (χ1) is 9.10. The van der Waals surface area contributed by atoms with Crippen molar-refractivity contribution in [2.75, 3.05) is 0 Å². The van der Waals surface area contributed by atoms with Gasteiger partial charge in [0.05, 0.1) is 11.1 Å². The van der Waals surface area contributed by atoms with Gasteiger partial charge in [0.25, 0.3) is 0 Å². The fourth-order valence-corrected chi connectivity index (χ4v) is 2.34. The van der Waals surface area contributed by atoms with E-state index < -0.39 is 5.82 Å². The van der Waals surface area contributed by atoms with Crippen molar-refractivity contribution in [3.05, 3.63) is 68.0 Å². The normalized spacial score (nSPS) is 12.4. The van der Waals surface area contributed by atoms with E-state index >= 15 is 0 Å². The Morgan fingerprint density at radius 3 is 2.47 bits per heavy atom. The summed E-state index contributed by atoms with van der Waals surface area (Å²) >= 11 is 7.93. The third-order valence-corrected chi connectivity index (χ3v) is 3.93. The smallest absolute Gasteiger partial charge is 0.142 e. The van der Waals surface area contributed by atoms with Gasteiger partial charge in [-0.25, -0.2) is 4.39 Å². The van der Waals surface area contributed by atoms with E-state index in [2.05, 4.69) is 28.0 Å². The maximum absolute atomic E-state index is 13.5. The van der Waals surface area contributed by atoms with Crippen LogP contribution in [0, 0.1) is 9.39 Å². The van der Waals surface area contributed by atoms with Crippen molar-refractivity contribution < 1.29 is 4.39 Å². The number of rotatable bonds is 4. The van der Waals surface area contributed by atoms with Gasteiger partial charge in [-0.1, -0.05) is 29.8 Å². The Kier molecular flexibility index (Phi) is 5.15. The van der Waals surface area contributed by atoms with E-state index in [1.54, 1.807) is 12.1 Å². The second kappa shape index (κ2) is 6.65. The summed E-state index contributed by atoms with van der Waals surface area (Å²) in [6.07, 6.45) is 0.689. The second-order valence-corrected chi connectivity index (χ2v) is 5.88. The molecule has 1 atom stereocenters. The van der Waals surface area contributed by atoms with E-state index in [4.69, 9.17) is 17.4 Å². The maximum Gasteiger partial charge on any atom is 0.142 e. The molecule has 0 saturated carbocycles. The summed E-state index contributed by atoms with van der Waals surface area (Å²) in [4.78, 5) is 0. The van der Waals surface area contributed by atoms with Crippen LogP contribution < -0.4 is 11.3 Å². The predicted molar refractivity (Wildman–Crippen MR) is 84.3 cm³/mol. The van der Waals surface area contributed by atoms with Crippen molar-refractivity contribution in [1.82, 2.24) is 5.43 Å². The SMILES string of the molecule is NNC(Cc1ccc(I)cc1)c1ccc(Cl)c(F)c1. The van der Waals surface area contributed by atoms with E-state index in [0.717, 1.165) is 11.1 Å². The van der Waals surface area contributed by atoms with Gasteiger partial charge in [0.2, 0.25) is 0 Å². The van der Waals surface area contributed by atoms with Crippen molar-refractivity contribution >= 4 is 34.2 Å². The van der Waals surface area contributed by atoms with Crippen LogP contribution >= 0.6 is 34.2 Å². The van der Waals surface area contributed by atoms with Gasteiger partial charge in [0.15, 0.2) is 0 Å². The van der Waals surface area contributed by atoms with Gasteiger partial charge in [0.1, 0.15) is 5.82 Å². The van der Waals surface area contributed by atoms with Crippen molar-refractivity contribution in [1.29, 1.82) is 0 Å². The summed E-state index contributed by atoms with van der Waals surface area (Å²) in [6, 6.07) is 12.7. The molecule has 0 aliphatic rings. The molecule has 0 amide bonds. The average molecular weight is 391 g/mol. The Bertz CT molecular complexity index is 560. The van der Waals surface area contributed by atoms with E-state index in [-0.39, 0.29) is 11.1 Å². The molecule has 0 heterocycles. The molecular formula is C14H13ClFIN2. The minimum Gasteiger partial charge on any atom is -0.271 e. The topological polar surface area (TPSA) is 38.0 Å². The zero-order valence-corrected chi connectivity index (χ0v) is 13.0. The highest BCUT2D eigenvalue weighted by Gasteiger charge is 2.12. The quantitative estimate of drug-likeness (QED) is 0.473. The number of hydrogen-bond donors (Lipinski definition) is 2. The largest absolute Gasteiger partial charge is 0.271 e. The molecule has 2 nitrogen and oxygen atoms in total.